The van der Waals surface area contributed by atoms with Crippen LogP contribution in [0.3, 0.4) is 0 Å². The predicted octanol–water partition coefficient (Wildman–Crippen LogP) is 2.25. The lowest BCUT2D eigenvalue weighted by Crippen LogP contribution is -2.50. The molecule has 0 aliphatic carbocycles. The second-order valence-corrected chi connectivity index (χ2v) is 6.93. The van der Waals surface area contributed by atoms with Crippen LogP contribution in [0.15, 0.2) is 0 Å². The maximum atomic E-state index is 11.3. The predicted molar refractivity (Wildman–Crippen MR) is 80.0 cm³/mol. The largest absolute Gasteiger partial charge is 0.477 e. The van der Waals surface area contributed by atoms with Gasteiger partial charge in [0.1, 0.15) is 4.88 Å². The molecule has 0 amide bonds. The van der Waals surface area contributed by atoms with Gasteiger partial charge in [-0.25, -0.2) is 9.78 Å². The highest BCUT2D eigenvalue weighted by molar-refractivity contribution is 7.17. The second-order valence-electron chi connectivity index (χ2n) is 5.95. The minimum absolute atomic E-state index is 0.152. The average molecular weight is 295 g/mol. The van der Waals surface area contributed by atoms with Crippen LogP contribution in [0.1, 0.15) is 48.0 Å². The number of thiazole rings is 1. The molecule has 1 aromatic rings. The fourth-order valence-electron chi connectivity index (χ4n) is 3.16. The highest BCUT2D eigenvalue weighted by Gasteiger charge is 2.32. The summed E-state index contributed by atoms with van der Waals surface area (Å²) in [6, 6.07) is 0.628. The molecule has 0 saturated carbocycles. The van der Waals surface area contributed by atoms with E-state index in [1.165, 1.54) is 30.7 Å². The Bertz CT molecular complexity index is 515. The van der Waals surface area contributed by atoms with E-state index >= 15 is 0 Å². The fourth-order valence-corrected chi connectivity index (χ4v) is 4.26. The van der Waals surface area contributed by atoms with Crippen molar-refractivity contribution in [1.82, 2.24) is 9.88 Å². The van der Waals surface area contributed by atoms with Crippen LogP contribution in [0.5, 0.6) is 0 Å². The standard InChI is InChI=1S/C14H21N3O2S/c1-9(2)11-12(13(18)19)20-14(15-11)17-7-6-16-5-3-4-10(16)8-17/h9-10H,3-8H2,1-2H3,(H,18,19). The van der Waals surface area contributed by atoms with Gasteiger partial charge in [0.15, 0.2) is 5.13 Å². The molecular formula is C14H21N3O2S. The molecule has 0 radical (unpaired) electrons. The first-order valence-corrected chi connectivity index (χ1v) is 8.11. The summed E-state index contributed by atoms with van der Waals surface area (Å²) >= 11 is 1.33. The van der Waals surface area contributed by atoms with Crippen LogP contribution in [-0.4, -0.2) is 53.2 Å². The first-order valence-electron chi connectivity index (χ1n) is 7.29. The van der Waals surface area contributed by atoms with Crippen molar-refractivity contribution in [3.8, 4) is 0 Å². The normalized spacial score (nSPS) is 23.4. The molecule has 110 valence electrons. The molecule has 1 aromatic heterocycles. The van der Waals surface area contributed by atoms with E-state index in [0.717, 1.165) is 30.5 Å². The third kappa shape index (κ3) is 2.42. The van der Waals surface area contributed by atoms with E-state index in [0.29, 0.717) is 10.9 Å². The van der Waals surface area contributed by atoms with E-state index in [9.17, 15) is 9.90 Å². The molecular weight excluding hydrogens is 274 g/mol. The Morgan fingerprint density at radius 1 is 1.40 bits per heavy atom. The van der Waals surface area contributed by atoms with Crippen LogP contribution < -0.4 is 4.90 Å². The Hall–Kier alpha value is -1.14. The average Bonchev–Trinajstić information content (AvgIpc) is 3.04. The first-order chi connectivity index (χ1) is 9.56. The molecule has 2 saturated heterocycles. The monoisotopic (exact) mass is 295 g/mol. The van der Waals surface area contributed by atoms with Gasteiger partial charge in [-0.1, -0.05) is 25.2 Å². The van der Waals surface area contributed by atoms with Gasteiger partial charge in [0, 0.05) is 25.7 Å². The molecule has 1 atom stereocenters. The molecule has 1 unspecified atom stereocenters. The molecule has 3 heterocycles. The number of carboxylic acid groups (broad SMARTS) is 1. The molecule has 1 N–H and O–H groups in total. The molecule has 0 bridgehead atoms. The Kier molecular flexibility index (Phi) is 3.69. The number of carboxylic acids is 1. The molecule has 2 aliphatic heterocycles. The van der Waals surface area contributed by atoms with E-state index in [2.05, 4.69) is 14.8 Å². The van der Waals surface area contributed by atoms with Gasteiger partial charge >= 0.3 is 5.97 Å². The number of nitrogens with zero attached hydrogens (tertiary/aromatic N) is 3. The van der Waals surface area contributed by atoms with Gasteiger partial charge in [-0.05, 0) is 25.3 Å². The maximum Gasteiger partial charge on any atom is 0.347 e. The Morgan fingerprint density at radius 3 is 2.85 bits per heavy atom. The lowest BCUT2D eigenvalue weighted by Gasteiger charge is -2.37. The highest BCUT2D eigenvalue weighted by Crippen LogP contribution is 2.33. The van der Waals surface area contributed by atoms with E-state index in [4.69, 9.17) is 0 Å². The number of piperazine rings is 1. The van der Waals surface area contributed by atoms with Crippen molar-refractivity contribution in [1.29, 1.82) is 0 Å². The zero-order valence-corrected chi connectivity index (χ0v) is 12.8. The van der Waals surface area contributed by atoms with Crippen LogP contribution in [0.25, 0.3) is 0 Å². The summed E-state index contributed by atoms with van der Waals surface area (Å²) in [5.41, 5.74) is 0.728. The van der Waals surface area contributed by atoms with Crippen LogP contribution in [0.4, 0.5) is 5.13 Å². The first kappa shape index (κ1) is 13.8. The molecule has 6 heteroatoms. The Labute approximate surface area is 123 Å². The summed E-state index contributed by atoms with van der Waals surface area (Å²) in [7, 11) is 0. The summed E-state index contributed by atoms with van der Waals surface area (Å²) < 4.78 is 0. The van der Waals surface area contributed by atoms with E-state index in [-0.39, 0.29) is 5.92 Å². The van der Waals surface area contributed by atoms with Crippen LogP contribution in [0, 0.1) is 0 Å². The Morgan fingerprint density at radius 2 is 2.20 bits per heavy atom. The molecule has 0 spiro atoms. The topological polar surface area (TPSA) is 56.7 Å². The minimum Gasteiger partial charge on any atom is -0.477 e. The molecule has 0 aromatic carbocycles. The molecule has 3 rings (SSSR count). The lowest BCUT2D eigenvalue weighted by molar-refractivity contribution is 0.0700. The van der Waals surface area contributed by atoms with Crippen LogP contribution in [0.2, 0.25) is 0 Å². The number of aromatic carboxylic acids is 1. The highest BCUT2D eigenvalue weighted by atomic mass is 32.1. The number of hydrogen-bond acceptors (Lipinski definition) is 5. The fraction of sp³-hybridized carbons (Fsp3) is 0.714. The van der Waals surface area contributed by atoms with Gasteiger partial charge in [-0.15, -0.1) is 0 Å². The number of hydrogen-bond donors (Lipinski definition) is 1. The third-order valence-corrected chi connectivity index (χ3v) is 5.36. The zero-order chi connectivity index (χ0) is 14.3. The number of aromatic nitrogens is 1. The number of rotatable bonds is 3. The summed E-state index contributed by atoms with van der Waals surface area (Å²) in [5.74, 6) is -0.698. The van der Waals surface area contributed by atoms with Gasteiger partial charge < -0.3 is 10.0 Å². The SMILES string of the molecule is CC(C)c1nc(N2CCN3CCCC3C2)sc1C(=O)O. The number of anilines is 1. The van der Waals surface area contributed by atoms with Gasteiger partial charge in [0.05, 0.1) is 5.69 Å². The van der Waals surface area contributed by atoms with E-state index in [1.807, 2.05) is 13.8 Å². The van der Waals surface area contributed by atoms with Gasteiger partial charge in [-0.3, -0.25) is 4.90 Å². The van der Waals surface area contributed by atoms with Crippen LogP contribution in [-0.2, 0) is 0 Å². The van der Waals surface area contributed by atoms with Crippen molar-refractivity contribution < 1.29 is 9.90 Å². The molecule has 5 nitrogen and oxygen atoms in total. The third-order valence-electron chi connectivity index (χ3n) is 4.24. The van der Waals surface area contributed by atoms with Crippen molar-refractivity contribution in [2.45, 2.75) is 38.6 Å². The summed E-state index contributed by atoms with van der Waals surface area (Å²) in [6.45, 7) is 8.24. The van der Waals surface area contributed by atoms with Gasteiger partial charge in [-0.2, -0.15) is 0 Å². The quantitative estimate of drug-likeness (QED) is 0.927. The van der Waals surface area contributed by atoms with Crippen LogP contribution >= 0.6 is 11.3 Å². The number of carbonyl (C=O) groups is 1. The number of fused-ring (bicyclic) bond motifs is 1. The zero-order valence-electron chi connectivity index (χ0n) is 12.0. The lowest BCUT2D eigenvalue weighted by atomic mass is 10.1. The van der Waals surface area contributed by atoms with Gasteiger partial charge in [0.25, 0.3) is 0 Å². The maximum absolute atomic E-state index is 11.3. The molecule has 20 heavy (non-hydrogen) atoms. The van der Waals surface area contributed by atoms with Crippen molar-refractivity contribution >= 4 is 22.4 Å². The smallest absolute Gasteiger partial charge is 0.347 e. The van der Waals surface area contributed by atoms with Gasteiger partial charge in [0.2, 0.25) is 0 Å². The van der Waals surface area contributed by atoms with Crippen molar-refractivity contribution in [2.75, 3.05) is 31.1 Å². The van der Waals surface area contributed by atoms with Crippen molar-refractivity contribution in [3.05, 3.63) is 10.6 Å². The summed E-state index contributed by atoms with van der Waals surface area (Å²) in [6.07, 6.45) is 2.54. The molecule has 2 fully saturated rings. The van der Waals surface area contributed by atoms with Crippen molar-refractivity contribution in [3.63, 3.8) is 0 Å². The minimum atomic E-state index is -0.850. The van der Waals surface area contributed by atoms with E-state index in [1.54, 1.807) is 0 Å². The second kappa shape index (κ2) is 5.33. The Balaban J connectivity index is 1.83. The molecule has 2 aliphatic rings. The van der Waals surface area contributed by atoms with E-state index < -0.39 is 5.97 Å². The summed E-state index contributed by atoms with van der Waals surface area (Å²) in [4.78, 5) is 21.2. The summed E-state index contributed by atoms with van der Waals surface area (Å²) in [5, 5.41) is 10.2. The van der Waals surface area contributed by atoms with Crippen molar-refractivity contribution in [2.24, 2.45) is 0 Å².